The summed E-state index contributed by atoms with van der Waals surface area (Å²) in [5, 5.41) is 0.624. The van der Waals surface area contributed by atoms with Crippen molar-refractivity contribution in [2.24, 2.45) is 0 Å². The van der Waals surface area contributed by atoms with Gasteiger partial charge in [-0.1, -0.05) is 17.4 Å². The second-order valence-electron chi connectivity index (χ2n) is 2.67. The zero-order chi connectivity index (χ0) is 9.80. The molecule has 14 heavy (non-hydrogen) atoms. The third-order valence-electron chi connectivity index (χ3n) is 1.61. The minimum atomic E-state index is 0.624. The second-order valence-corrected chi connectivity index (χ2v) is 5.01. The molecule has 3 nitrogen and oxygen atoms in total. The summed E-state index contributed by atoms with van der Waals surface area (Å²) in [6, 6.07) is 4.00. The lowest BCUT2D eigenvalue weighted by atomic mass is 10.3. The molecule has 0 aliphatic rings. The molecule has 0 aliphatic heterocycles. The Morgan fingerprint density at radius 3 is 3.00 bits per heavy atom. The van der Waals surface area contributed by atoms with Gasteiger partial charge in [-0.05, 0) is 11.6 Å². The maximum absolute atomic E-state index is 5.53. The van der Waals surface area contributed by atoms with Crippen LogP contribution in [0.15, 0.2) is 34.9 Å². The molecule has 0 bridgehead atoms. The van der Waals surface area contributed by atoms with Crippen molar-refractivity contribution < 1.29 is 0 Å². The molecule has 5 heteroatoms. The number of rotatable bonds is 3. The summed E-state index contributed by atoms with van der Waals surface area (Å²) in [6.45, 7) is 0. The van der Waals surface area contributed by atoms with Crippen molar-refractivity contribution in [2.75, 3.05) is 5.73 Å². The first-order chi connectivity index (χ1) is 6.84. The molecule has 0 atom stereocenters. The van der Waals surface area contributed by atoms with Crippen molar-refractivity contribution in [3.8, 4) is 0 Å². The molecule has 2 N–H and O–H groups in total. The highest BCUT2D eigenvalue weighted by Gasteiger charge is 1.99. The number of aromatic nitrogens is 2. The normalized spacial score (nSPS) is 10.3. The van der Waals surface area contributed by atoms with Crippen LogP contribution < -0.4 is 5.73 Å². The molecule has 0 unspecified atom stereocenters. The topological polar surface area (TPSA) is 51.8 Å². The predicted molar refractivity (Wildman–Crippen MR) is 60.3 cm³/mol. The molecule has 0 amide bonds. The van der Waals surface area contributed by atoms with Crippen LogP contribution >= 0.6 is 23.1 Å². The van der Waals surface area contributed by atoms with Crippen molar-refractivity contribution in [3.05, 3.63) is 36.3 Å². The van der Waals surface area contributed by atoms with Crippen molar-refractivity contribution in [1.82, 2.24) is 9.97 Å². The minimum absolute atomic E-state index is 0.624. The van der Waals surface area contributed by atoms with E-state index in [-0.39, 0.29) is 0 Å². The molecule has 2 aromatic heterocycles. The van der Waals surface area contributed by atoms with Crippen molar-refractivity contribution in [3.63, 3.8) is 0 Å². The first kappa shape index (κ1) is 9.48. The molecule has 0 saturated heterocycles. The van der Waals surface area contributed by atoms with Gasteiger partial charge in [-0.3, -0.25) is 4.98 Å². The quantitative estimate of drug-likeness (QED) is 0.812. The predicted octanol–water partition coefficient (Wildman–Crippen LogP) is 2.41. The van der Waals surface area contributed by atoms with Crippen LogP contribution in [-0.2, 0) is 5.75 Å². The zero-order valence-corrected chi connectivity index (χ0v) is 9.02. The van der Waals surface area contributed by atoms with E-state index in [1.165, 1.54) is 16.9 Å². The number of nitrogens with two attached hydrogens (primary N) is 1. The van der Waals surface area contributed by atoms with Crippen LogP contribution in [0.4, 0.5) is 5.13 Å². The van der Waals surface area contributed by atoms with Gasteiger partial charge < -0.3 is 5.73 Å². The van der Waals surface area contributed by atoms with Crippen molar-refractivity contribution >= 4 is 28.2 Å². The molecule has 2 rings (SSSR count). The van der Waals surface area contributed by atoms with E-state index in [0.717, 1.165) is 9.96 Å². The van der Waals surface area contributed by atoms with Gasteiger partial charge in [0.05, 0.1) is 10.4 Å². The summed E-state index contributed by atoms with van der Waals surface area (Å²) in [7, 11) is 0. The molecule has 0 fully saturated rings. The lowest BCUT2D eigenvalue weighted by Gasteiger charge is -1.96. The molecule has 0 radical (unpaired) electrons. The number of nitrogens with zero attached hydrogens (tertiary/aromatic N) is 2. The summed E-state index contributed by atoms with van der Waals surface area (Å²) in [5.41, 5.74) is 6.74. The van der Waals surface area contributed by atoms with E-state index in [9.17, 15) is 0 Å². The summed E-state index contributed by atoms with van der Waals surface area (Å²) < 4.78 is 1.14. The number of thioether (sulfide) groups is 1. The Morgan fingerprint density at radius 1 is 1.43 bits per heavy atom. The van der Waals surface area contributed by atoms with Gasteiger partial charge in [0.2, 0.25) is 0 Å². The first-order valence-electron chi connectivity index (χ1n) is 4.07. The van der Waals surface area contributed by atoms with Gasteiger partial charge in [0, 0.05) is 18.1 Å². The van der Waals surface area contributed by atoms with E-state index in [1.54, 1.807) is 24.2 Å². The average Bonchev–Trinajstić information content (AvgIpc) is 2.63. The van der Waals surface area contributed by atoms with Gasteiger partial charge in [0.1, 0.15) is 0 Å². The Morgan fingerprint density at radius 2 is 2.36 bits per heavy atom. The fourth-order valence-electron chi connectivity index (χ4n) is 0.977. The fourth-order valence-corrected chi connectivity index (χ4v) is 2.67. The molecule has 2 aromatic rings. The van der Waals surface area contributed by atoms with Crippen LogP contribution in [0.3, 0.4) is 0 Å². The summed E-state index contributed by atoms with van der Waals surface area (Å²) >= 11 is 3.25. The molecule has 0 aromatic carbocycles. The molecule has 0 aliphatic carbocycles. The van der Waals surface area contributed by atoms with Crippen molar-refractivity contribution in [2.45, 2.75) is 9.96 Å². The van der Waals surface area contributed by atoms with E-state index < -0.39 is 0 Å². The van der Waals surface area contributed by atoms with Crippen LogP contribution in [0.1, 0.15) is 5.56 Å². The van der Waals surface area contributed by atoms with E-state index >= 15 is 0 Å². The van der Waals surface area contributed by atoms with Gasteiger partial charge in [-0.15, -0.1) is 11.8 Å². The zero-order valence-electron chi connectivity index (χ0n) is 7.38. The summed E-state index contributed by atoms with van der Waals surface area (Å²) in [5.74, 6) is 0.912. The number of pyridine rings is 1. The first-order valence-corrected chi connectivity index (χ1v) is 5.88. The van der Waals surface area contributed by atoms with Gasteiger partial charge >= 0.3 is 0 Å². The molecule has 72 valence electrons. The van der Waals surface area contributed by atoms with Gasteiger partial charge in [0.15, 0.2) is 5.13 Å². The largest absolute Gasteiger partial charge is 0.375 e. The molecule has 0 saturated carbocycles. The molecular weight excluding hydrogens is 214 g/mol. The Hall–Kier alpha value is -1.07. The fraction of sp³-hybridized carbons (Fsp3) is 0.111. The Bertz CT molecular complexity index is 399. The number of thiazole rings is 1. The highest BCUT2D eigenvalue weighted by atomic mass is 32.2. The monoisotopic (exact) mass is 223 g/mol. The Labute approximate surface area is 90.4 Å². The van der Waals surface area contributed by atoms with Crippen LogP contribution in [0.25, 0.3) is 0 Å². The standard InChI is InChI=1S/C9H9N3S2/c10-9-12-5-8(14-9)13-6-7-2-1-3-11-4-7/h1-5H,6H2,(H2,10,12). The number of hydrogen-bond acceptors (Lipinski definition) is 5. The highest BCUT2D eigenvalue weighted by Crippen LogP contribution is 2.28. The van der Waals surface area contributed by atoms with E-state index in [0.29, 0.717) is 5.13 Å². The molecular formula is C9H9N3S2. The van der Waals surface area contributed by atoms with Crippen LogP contribution in [0.5, 0.6) is 0 Å². The summed E-state index contributed by atoms with van der Waals surface area (Å²) in [4.78, 5) is 8.04. The molecule has 2 heterocycles. The maximum atomic E-state index is 5.53. The van der Waals surface area contributed by atoms with Crippen LogP contribution in [0, 0.1) is 0 Å². The smallest absolute Gasteiger partial charge is 0.181 e. The van der Waals surface area contributed by atoms with Gasteiger partial charge in [0.25, 0.3) is 0 Å². The second kappa shape index (κ2) is 4.43. The van der Waals surface area contributed by atoms with E-state index in [2.05, 4.69) is 16.0 Å². The molecule has 0 spiro atoms. The SMILES string of the molecule is Nc1ncc(SCc2cccnc2)s1. The number of anilines is 1. The van der Waals surface area contributed by atoms with Gasteiger partial charge in [-0.25, -0.2) is 4.98 Å². The number of nitrogen functional groups attached to an aromatic ring is 1. The number of hydrogen-bond donors (Lipinski definition) is 1. The third kappa shape index (κ3) is 2.46. The maximum Gasteiger partial charge on any atom is 0.181 e. The van der Waals surface area contributed by atoms with Crippen molar-refractivity contribution in [1.29, 1.82) is 0 Å². The minimum Gasteiger partial charge on any atom is -0.375 e. The lowest BCUT2D eigenvalue weighted by molar-refractivity contribution is 1.25. The Balaban J connectivity index is 1.95. The van der Waals surface area contributed by atoms with Crippen LogP contribution in [-0.4, -0.2) is 9.97 Å². The lowest BCUT2D eigenvalue weighted by Crippen LogP contribution is -1.79. The van der Waals surface area contributed by atoms with E-state index in [4.69, 9.17) is 5.73 Å². The van der Waals surface area contributed by atoms with Gasteiger partial charge in [-0.2, -0.15) is 0 Å². The Kier molecular flexibility index (Phi) is 3.00. The van der Waals surface area contributed by atoms with E-state index in [1.807, 2.05) is 12.3 Å². The third-order valence-corrected chi connectivity index (χ3v) is 3.70. The average molecular weight is 223 g/mol. The van der Waals surface area contributed by atoms with Crippen LogP contribution in [0.2, 0.25) is 0 Å². The summed E-state index contributed by atoms with van der Waals surface area (Å²) in [6.07, 6.45) is 5.46. The highest BCUT2D eigenvalue weighted by molar-refractivity contribution is 8.00.